The number of piperidine rings is 1. The molecule has 2 aromatic heterocycles. The number of hydrogen-bond acceptors (Lipinski definition) is 7. The summed E-state index contributed by atoms with van der Waals surface area (Å²) >= 11 is 12.5. The van der Waals surface area contributed by atoms with E-state index in [-0.39, 0.29) is 45.6 Å². The Kier molecular flexibility index (Phi) is 9.00. The van der Waals surface area contributed by atoms with Crippen LogP contribution in [0.1, 0.15) is 54.4 Å². The van der Waals surface area contributed by atoms with Gasteiger partial charge in [-0.25, -0.2) is 19.8 Å². The van der Waals surface area contributed by atoms with Crippen LogP contribution in [0.3, 0.4) is 0 Å². The number of benzene rings is 2. The van der Waals surface area contributed by atoms with Gasteiger partial charge < -0.3 is 19.5 Å². The monoisotopic (exact) mass is 720 g/mol. The molecule has 0 aliphatic carbocycles. The van der Waals surface area contributed by atoms with Crippen LogP contribution in [0.4, 0.5) is 24.8 Å². The number of fused-ring (bicyclic) bond motifs is 1. The summed E-state index contributed by atoms with van der Waals surface area (Å²) in [5.74, 6) is -2.06. The van der Waals surface area contributed by atoms with E-state index in [9.17, 15) is 32.3 Å². The number of halogens is 5. The normalized spacial score (nSPS) is 19.9. The third-order valence-electron chi connectivity index (χ3n) is 8.58. The molecule has 4 aromatic rings. The fraction of sp³-hybridized carbons (Fsp3) is 0.344. The van der Waals surface area contributed by atoms with Gasteiger partial charge in [0.15, 0.2) is 0 Å². The third kappa shape index (κ3) is 6.90. The fourth-order valence-electron chi connectivity index (χ4n) is 6.37. The molecule has 0 saturated carbocycles. The fourth-order valence-corrected chi connectivity index (χ4v) is 6.88. The number of alkyl halides is 3. The average Bonchev–Trinajstić information content (AvgIpc) is 3.72. The van der Waals surface area contributed by atoms with Crippen molar-refractivity contribution in [3.05, 3.63) is 92.1 Å². The third-order valence-corrected chi connectivity index (χ3v) is 9.01. The van der Waals surface area contributed by atoms with Crippen molar-refractivity contribution < 1.29 is 36.8 Å². The number of amides is 3. The van der Waals surface area contributed by atoms with Crippen molar-refractivity contribution in [1.82, 2.24) is 24.9 Å². The Hall–Kier alpha value is -4.76. The summed E-state index contributed by atoms with van der Waals surface area (Å²) in [6.07, 6.45) is -2.25. The maximum absolute atomic E-state index is 14.3. The van der Waals surface area contributed by atoms with E-state index in [0.29, 0.717) is 30.8 Å². The van der Waals surface area contributed by atoms with Crippen molar-refractivity contribution in [2.75, 3.05) is 18.0 Å². The molecule has 6 rings (SSSR count). The van der Waals surface area contributed by atoms with Crippen molar-refractivity contribution in [1.29, 1.82) is 0 Å². The van der Waals surface area contributed by atoms with E-state index in [0.717, 1.165) is 18.6 Å². The molecule has 2 aromatic carbocycles. The van der Waals surface area contributed by atoms with E-state index in [4.69, 9.17) is 27.7 Å². The molecule has 3 atom stereocenters. The van der Waals surface area contributed by atoms with E-state index in [1.54, 1.807) is 18.7 Å². The molecule has 1 fully saturated rings. The van der Waals surface area contributed by atoms with Crippen molar-refractivity contribution >= 4 is 52.6 Å². The number of carbonyl (C=O) groups excluding carboxylic acids is 3. The minimum absolute atomic E-state index is 0.0364. The summed E-state index contributed by atoms with van der Waals surface area (Å²) in [4.78, 5) is 60.4. The standard InChI is InChI=1S/C32H29Cl2F3N6O6/c1-17(28(46)41-9-3-4-19(16-41)24-13-26(44)49-40-24)39-27(45)25-15-38-30-42(22-11-20(33)10-21(34)12-22)29(47)31(2,43(25)30)14-18-5-7-23(8-6-18)48-32(35,36)37/h5-8,10-13,15,17,19,40H,3-4,9,14,16H2,1-2H3,(H,39,45)/t17?,19?,31-/m1/s1. The summed E-state index contributed by atoms with van der Waals surface area (Å²) in [6, 6.07) is 9.91. The van der Waals surface area contributed by atoms with Gasteiger partial charge in [0, 0.05) is 41.5 Å². The predicted molar refractivity (Wildman–Crippen MR) is 171 cm³/mol. The predicted octanol–water partition coefficient (Wildman–Crippen LogP) is 5.53. The van der Waals surface area contributed by atoms with Gasteiger partial charge in [0.25, 0.3) is 11.8 Å². The van der Waals surface area contributed by atoms with E-state index in [1.165, 1.54) is 52.1 Å². The molecular weight excluding hydrogens is 692 g/mol. The molecule has 258 valence electrons. The number of aromatic nitrogens is 3. The molecular formula is C32H29Cl2F3N6O6. The molecule has 3 amide bonds. The largest absolute Gasteiger partial charge is 0.573 e. The first-order chi connectivity index (χ1) is 23.1. The summed E-state index contributed by atoms with van der Waals surface area (Å²) in [5.41, 5.74) is -0.737. The van der Waals surface area contributed by atoms with Gasteiger partial charge in [-0.3, -0.25) is 19.0 Å². The Labute approximate surface area is 286 Å². The van der Waals surface area contributed by atoms with E-state index in [2.05, 4.69) is 20.2 Å². The minimum atomic E-state index is -4.88. The summed E-state index contributed by atoms with van der Waals surface area (Å²) in [7, 11) is 0. The number of H-pyrrole nitrogens is 1. The molecule has 49 heavy (non-hydrogen) atoms. The molecule has 0 radical (unpaired) electrons. The van der Waals surface area contributed by atoms with Crippen LogP contribution in [0.25, 0.3) is 0 Å². The number of imidazole rings is 1. The van der Waals surface area contributed by atoms with Gasteiger partial charge in [-0.2, -0.15) is 0 Å². The number of rotatable bonds is 8. The Morgan fingerprint density at radius 2 is 1.84 bits per heavy atom. The molecule has 12 nitrogen and oxygen atoms in total. The van der Waals surface area contributed by atoms with Crippen molar-refractivity contribution in [2.45, 2.75) is 57.0 Å². The Morgan fingerprint density at radius 1 is 1.14 bits per heavy atom. The minimum Gasteiger partial charge on any atom is -0.406 e. The second-order valence-corrected chi connectivity index (χ2v) is 13.0. The van der Waals surface area contributed by atoms with Gasteiger partial charge in [-0.05, 0) is 62.6 Å². The lowest BCUT2D eigenvalue weighted by atomic mass is 9.91. The van der Waals surface area contributed by atoms with Crippen LogP contribution < -0.4 is 20.6 Å². The van der Waals surface area contributed by atoms with Crippen LogP contribution in [-0.2, 0) is 21.5 Å². The van der Waals surface area contributed by atoms with Gasteiger partial charge in [0.05, 0.1) is 17.6 Å². The summed E-state index contributed by atoms with van der Waals surface area (Å²) in [5, 5.41) is 5.81. The Morgan fingerprint density at radius 3 is 2.47 bits per heavy atom. The topological polar surface area (TPSA) is 143 Å². The smallest absolute Gasteiger partial charge is 0.406 e. The lowest BCUT2D eigenvalue weighted by molar-refractivity contribution is -0.274. The molecule has 2 unspecified atom stereocenters. The highest BCUT2D eigenvalue weighted by molar-refractivity contribution is 6.35. The molecule has 1 saturated heterocycles. The number of nitrogens with one attached hydrogen (secondary N) is 2. The highest BCUT2D eigenvalue weighted by Crippen LogP contribution is 2.43. The van der Waals surface area contributed by atoms with E-state index < -0.39 is 41.1 Å². The van der Waals surface area contributed by atoms with Crippen molar-refractivity contribution in [2.24, 2.45) is 0 Å². The zero-order chi connectivity index (χ0) is 35.2. The van der Waals surface area contributed by atoms with Crippen molar-refractivity contribution in [3.8, 4) is 5.75 Å². The molecule has 4 heterocycles. The first kappa shape index (κ1) is 34.1. The van der Waals surface area contributed by atoms with Crippen molar-refractivity contribution in [3.63, 3.8) is 0 Å². The van der Waals surface area contributed by atoms with Crippen LogP contribution in [0.2, 0.25) is 10.0 Å². The van der Waals surface area contributed by atoms with Gasteiger partial charge in [0.1, 0.15) is 23.0 Å². The van der Waals surface area contributed by atoms with Crippen LogP contribution in [0, 0.1) is 0 Å². The maximum atomic E-state index is 14.3. The number of carbonyl (C=O) groups is 3. The summed E-state index contributed by atoms with van der Waals surface area (Å²) < 4.78 is 48.4. The molecule has 0 bridgehead atoms. The first-order valence-electron chi connectivity index (χ1n) is 15.1. The Bertz CT molecular complexity index is 1960. The number of hydrogen-bond donors (Lipinski definition) is 2. The van der Waals surface area contributed by atoms with Crippen LogP contribution >= 0.6 is 23.2 Å². The van der Waals surface area contributed by atoms with Gasteiger partial charge in [0.2, 0.25) is 11.9 Å². The molecule has 2 N–H and O–H groups in total. The van der Waals surface area contributed by atoms with Crippen LogP contribution in [0.5, 0.6) is 5.75 Å². The first-order valence-corrected chi connectivity index (χ1v) is 15.9. The van der Waals surface area contributed by atoms with Gasteiger partial charge >= 0.3 is 12.0 Å². The van der Waals surface area contributed by atoms with Gasteiger partial charge in [-0.15, -0.1) is 13.2 Å². The molecule has 0 spiro atoms. The lowest BCUT2D eigenvalue weighted by Gasteiger charge is -2.34. The molecule has 2 aliphatic heterocycles. The zero-order valence-corrected chi connectivity index (χ0v) is 27.5. The van der Waals surface area contributed by atoms with Crippen LogP contribution in [0.15, 0.2) is 64.0 Å². The maximum Gasteiger partial charge on any atom is 0.573 e. The van der Waals surface area contributed by atoms with E-state index >= 15 is 0 Å². The lowest BCUT2D eigenvalue weighted by Crippen LogP contribution is -2.50. The highest BCUT2D eigenvalue weighted by Gasteiger charge is 2.51. The van der Waals surface area contributed by atoms with Crippen LogP contribution in [-0.4, -0.2) is 62.8 Å². The van der Waals surface area contributed by atoms with Gasteiger partial charge in [-0.1, -0.05) is 35.3 Å². The van der Waals surface area contributed by atoms with E-state index in [1.807, 2.05) is 0 Å². The number of likely N-dealkylation sites (tertiary alicyclic amines) is 1. The molecule has 2 aliphatic rings. The quantitative estimate of drug-likeness (QED) is 0.244. The number of aromatic amines is 1. The molecule has 17 heteroatoms. The highest BCUT2D eigenvalue weighted by atomic mass is 35.5. The number of anilines is 2. The number of nitrogens with zero attached hydrogens (tertiary/aromatic N) is 4. The Balaban J connectivity index is 1.29. The SMILES string of the molecule is CC(NC(=O)c1cnc2n1[C@](C)(Cc1ccc(OC(F)(F)F)cc1)C(=O)N2c1cc(Cl)cc(Cl)c1)C(=O)N1CCCC(c2cc(=O)o[nH]2)C1. The summed E-state index contributed by atoms with van der Waals surface area (Å²) in [6.45, 7) is 3.88. The second kappa shape index (κ2) is 12.9. The average molecular weight is 722 g/mol. The number of ether oxygens (including phenoxy) is 1. The zero-order valence-electron chi connectivity index (χ0n) is 26.0. The second-order valence-electron chi connectivity index (χ2n) is 12.1.